The van der Waals surface area contributed by atoms with E-state index in [9.17, 15) is 4.39 Å². The lowest BCUT2D eigenvalue weighted by Crippen LogP contribution is -2.63. The fraction of sp³-hybridized carbons (Fsp3) is 0.0526. The van der Waals surface area contributed by atoms with Crippen molar-refractivity contribution in [1.82, 2.24) is 0 Å². The van der Waals surface area contributed by atoms with Crippen molar-refractivity contribution in [3.05, 3.63) is 90.7 Å². The molecule has 0 atom stereocenters. The summed E-state index contributed by atoms with van der Waals surface area (Å²) >= 11 is 0. The van der Waals surface area contributed by atoms with E-state index in [-0.39, 0.29) is 5.82 Å². The summed E-state index contributed by atoms with van der Waals surface area (Å²) in [5.41, 5.74) is 0.946. The molecular weight excluding hydrogens is 286 g/mol. The minimum atomic E-state index is -2.06. The third-order valence-corrected chi connectivity index (χ3v) is 8.03. The van der Waals surface area contributed by atoms with Gasteiger partial charge in [-0.1, -0.05) is 95.2 Å². The van der Waals surface area contributed by atoms with E-state index in [1.807, 2.05) is 18.2 Å². The van der Waals surface area contributed by atoms with Crippen LogP contribution in [0.4, 0.5) is 4.39 Å². The highest BCUT2D eigenvalue weighted by Crippen LogP contribution is 2.05. The summed E-state index contributed by atoms with van der Waals surface area (Å²) in [6.45, 7) is 4.57. The standard InChI is InChI=1S/C19H17BFSi/c1-22(18-11-4-2-5-12-18,19-13-6-3-7-14-19)20-16-9-8-10-17(21)15-16/h2-15H,1H3. The summed E-state index contributed by atoms with van der Waals surface area (Å²) in [5.74, 6) is -0.189. The molecule has 1 radical (unpaired) electrons. The maximum Gasteiger partial charge on any atom is 0.156 e. The van der Waals surface area contributed by atoms with Gasteiger partial charge in [0.15, 0.2) is 6.87 Å². The van der Waals surface area contributed by atoms with Gasteiger partial charge in [-0.3, -0.25) is 0 Å². The van der Waals surface area contributed by atoms with Gasteiger partial charge >= 0.3 is 0 Å². The van der Waals surface area contributed by atoms with E-state index in [1.165, 1.54) is 16.4 Å². The average Bonchev–Trinajstić information content (AvgIpc) is 2.56. The van der Waals surface area contributed by atoms with Crippen molar-refractivity contribution in [1.29, 1.82) is 0 Å². The molecule has 0 aliphatic heterocycles. The van der Waals surface area contributed by atoms with Crippen LogP contribution in [0, 0.1) is 5.82 Å². The van der Waals surface area contributed by atoms with Gasteiger partial charge in [0, 0.05) is 0 Å². The Hall–Kier alpha value is -2.13. The number of halogens is 1. The van der Waals surface area contributed by atoms with E-state index in [4.69, 9.17) is 0 Å². The first-order chi connectivity index (χ1) is 10.7. The first-order valence-electron chi connectivity index (χ1n) is 7.41. The van der Waals surface area contributed by atoms with Crippen LogP contribution in [0.3, 0.4) is 0 Å². The fourth-order valence-electron chi connectivity index (χ4n) is 2.83. The fourth-order valence-corrected chi connectivity index (χ4v) is 6.11. The van der Waals surface area contributed by atoms with Gasteiger partial charge in [-0.05, 0) is 12.1 Å². The summed E-state index contributed by atoms with van der Waals surface area (Å²) in [5, 5.41) is 2.65. The predicted molar refractivity (Wildman–Crippen MR) is 95.6 cm³/mol. The molecular formula is C19H17BFSi. The Morgan fingerprint density at radius 1 is 0.727 bits per heavy atom. The molecule has 0 nitrogen and oxygen atoms in total. The molecule has 0 saturated heterocycles. The summed E-state index contributed by atoms with van der Waals surface area (Å²) in [6.07, 6.45) is 0. The van der Waals surface area contributed by atoms with Crippen molar-refractivity contribution < 1.29 is 4.39 Å². The highest BCUT2D eigenvalue weighted by molar-refractivity contribution is 7.40. The minimum Gasteiger partial charge on any atom is -0.207 e. The van der Waals surface area contributed by atoms with E-state index in [0.29, 0.717) is 0 Å². The molecule has 3 heteroatoms. The van der Waals surface area contributed by atoms with Crippen LogP contribution in [-0.2, 0) is 0 Å². The number of hydrogen-bond acceptors (Lipinski definition) is 0. The molecule has 3 aromatic rings. The highest BCUT2D eigenvalue weighted by atomic mass is 28.3. The van der Waals surface area contributed by atoms with Crippen LogP contribution in [0.25, 0.3) is 0 Å². The van der Waals surface area contributed by atoms with Crippen molar-refractivity contribution in [2.45, 2.75) is 6.55 Å². The number of rotatable bonds is 4. The van der Waals surface area contributed by atoms with Crippen LogP contribution in [-0.4, -0.2) is 14.8 Å². The molecule has 0 amide bonds. The van der Waals surface area contributed by atoms with E-state index < -0.39 is 7.94 Å². The van der Waals surface area contributed by atoms with Gasteiger partial charge < -0.3 is 0 Å². The van der Waals surface area contributed by atoms with Crippen molar-refractivity contribution in [2.75, 3.05) is 0 Å². The molecule has 0 aliphatic rings. The zero-order valence-corrected chi connectivity index (χ0v) is 13.5. The topological polar surface area (TPSA) is 0 Å². The Morgan fingerprint density at radius 2 is 1.27 bits per heavy atom. The lowest BCUT2D eigenvalue weighted by molar-refractivity contribution is 0.629. The van der Waals surface area contributed by atoms with Crippen LogP contribution in [0.1, 0.15) is 0 Å². The third kappa shape index (κ3) is 3.05. The first-order valence-corrected chi connectivity index (χ1v) is 9.99. The normalized spacial score (nSPS) is 11.2. The molecule has 0 unspecified atom stereocenters. The molecule has 22 heavy (non-hydrogen) atoms. The molecule has 0 saturated carbocycles. The Balaban J connectivity index is 2.08. The molecule has 0 aliphatic carbocycles. The molecule has 107 valence electrons. The molecule has 3 aromatic carbocycles. The summed E-state index contributed by atoms with van der Waals surface area (Å²) in [7, 11) is -2.06. The molecule has 0 heterocycles. The molecule has 0 spiro atoms. The van der Waals surface area contributed by atoms with Gasteiger partial charge in [0.05, 0.1) is 7.94 Å². The maximum absolute atomic E-state index is 13.5. The van der Waals surface area contributed by atoms with E-state index in [1.54, 1.807) is 12.1 Å². The second kappa shape index (κ2) is 6.32. The monoisotopic (exact) mass is 303 g/mol. The van der Waals surface area contributed by atoms with Gasteiger partial charge in [-0.15, -0.1) is 0 Å². The zero-order chi connectivity index (χ0) is 15.4. The zero-order valence-electron chi connectivity index (χ0n) is 12.5. The lowest BCUT2D eigenvalue weighted by Gasteiger charge is -2.28. The number of hydrogen-bond donors (Lipinski definition) is 0. The molecule has 0 N–H and O–H groups in total. The van der Waals surface area contributed by atoms with Gasteiger partial charge in [0.1, 0.15) is 5.82 Å². The van der Waals surface area contributed by atoms with E-state index in [2.05, 4.69) is 61.9 Å². The minimum absolute atomic E-state index is 0.189. The second-order valence-electron chi connectivity index (χ2n) is 5.63. The Kier molecular flexibility index (Phi) is 4.25. The molecule has 0 aromatic heterocycles. The van der Waals surface area contributed by atoms with Gasteiger partial charge in [0.2, 0.25) is 0 Å². The predicted octanol–water partition coefficient (Wildman–Crippen LogP) is 2.54. The Bertz CT molecular complexity index is 704. The van der Waals surface area contributed by atoms with Gasteiger partial charge in [-0.2, -0.15) is 0 Å². The first kappa shape index (κ1) is 14.8. The Morgan fingerprint density at radius 3 is 1.77 bits per heavy atom. The Labute approximate surface area is 132 Å². The van der Waals surface area contributed by atoms with Crippen LogP contribution >= 0.6 is 0 Å². The maximum atomic E-state index is 13.5. The highest BCUT2D eigenvalue weighted by Gasteiger charge is 2.32. The lowest BCUT2D eigenvalue weighted by atomic mass is 9.94. The van der Waals surface area contributed by atoms with Crippen LogP contribution < -0.4 is 15.8 Å². The number of benzene rings is 3. The second-order valence-corrected chi connectivity index (χ2v) is 9.48. The van der Waals surface area contributed by atoms with Gasteiger partial charge in [0.25, 0.3) is 0 Å². The van der Waals surface area contributed by atoms with Crippen LogP contribution in [0.5, 0.6) is 0 Å². The molecule has 3 rings (SSSR count). The van der Waals surface area contributed by atoms with Crippen molar-refractivity contribution in [3.8, 4) is 0 Å². The third-order valence-electron chi connectivity index (χ3n) is 4.05. The SMILES string of the molecule is C[Si]([B]c1cccc(F)c1)(c1ccccc1)c1ccccc1. The largest absolute Gasteiger partial charge is 0.207 e. The van der Waals surface area contributed by atoms with Crippen molar-refractivity contribution >= 4 is 30.7 Å². The smallest absolute Gasteiger partial charge is 0.156 e. The van der Waals surface area contributed by atoms with E-state index in [0.717, 1.165) is 5.46 Å². The average molecular weight is 303 g/mol. The van der Waals surface area contributed by atoms with E-state index >= 15 is 0 Å². The summed E-state index contributed by atoms with van der Waals surface area (Å²) in [4.78, 5) is 0. The van der Waals surface area contributed by atoms with Crippen molar-refractivity contribution in [3.63, 3.8) is 0 Å². The quantitative estimate of drug-likeness (QED) is 0.650. The van der Waals surface area contributed by atoms with Crippen LogP contribution in [0.2, 0.25) is 6.55 Å². The van der Waals surface area contributed by atoms with Gasteiger partial charge in [-0.25, -0.2) is 4.39 Å². The molecule has 0 fully saturated rings. The summed E-state index contributed by atoms with van der Waals surface area (Å²) in [6, 6.07) is 27.9. The summed E-state index contributed by atoms with van der Waals surface area (Å²) < 4.78 is 13.5. The van der Waals surface area contributed by atoms with Crippen molar-refractivity contribution in [2.24, 2.45) is 0 Å². The van der Waals surface area contributed by atoms with Crippen LogP contribution in [0.15, 0.2) is 84.9 Å². The molecule has 0 bridgehead atoms.